The summed E-state index contributed by atoms with van der Waals surface area (Å²) in [6.07, 6.45) is 0.210. The van der Waals surface area contributed by atoms with E-state index < -0.39 is 12.7 Å². The first kappa shape index (κ1) is 11.4. The molecule has 0 atom stereocenters. The topological polar surface area (TPSA) is 55.6 Å². The summed E-state index contributed by atoms with van der Waals surface area (Å²) >= 11 is 0. The molecule has 0 saturated heterocycles. The van der Waals surface area contributed by atoms with E-state index in [2.05, 4.69) is 20.4 Å². The van der Waals surface area contributed by atoms with Crippen LogP contribution in [0, 0.1) is 0 Å². The predicted octanol–water partition coefficient (Wildman–Crippen LogP) is 1.64. The summed E-state index contributed by atoms with van der Waals surface area (Å²) in [6.45, 7) is -1.14. The highest BCUT2D eigenvalue weighted by atomic mass is 19.4. The van der Waals surface area contributed by atoms with Crippen LogP contribution in [0.1, 0.15) is 0 Å². The maximum atomic E-state index is 12.0. The van der Waals surface area contributed by atoms with Gasteiger partial charge in [0, 0.05) is 18.6 Å². The van der Waals surface area contributed by atoms with Crippen LogP contribution in [0.25, 0.3) is 5.95 Å². The Morgan fingerprint density at radius 1 is 1.29 bits per heavy atom. The van der Waals surface area contributed by atoms with E-state index in [9.17, 15) is 13.2 Å². The first-order valence-electron chi connectivity index (χ1n) is 4.68. The normalized spacial score (nSPS) is 11.5. The number of alkyl halides is 3. The van der Waals surface area contributed by atoms with Crippen molar-refractivity contribution >= 4 is 5.82 Å². The van der Waals surface area contributed by atoms with E-state index in [0.29, 0.717) is 0 Å². The maximum Gasteiger partial charge on any atom is 0.405 e. The summed E-state index contributed by atoms with van der Waals surface area (Å²) in [5.41, 5.74) is 0. The number of nitrogens with one attached hydrogen (secondary N) is 1. The van der Waals surface area contributed by atoms with Crippen LogP contribution in [0.3, 0.4) is 0 Å². The van der Waals surface area contributed by atoms with E-state index in [0.717, 1.165) is 0 Å². The minimum absolute atomic E-state index is 0.0998. The van der Waals surface area contributed by atoms with E-state index in [-0.39, 0.29) is 11.8 Å². The smallest absolute Gasteiger partial charge is 0.361 e. The molecule has 0 bridgehead atoms. The fraction of sp³-hybridized carbons (Fsp3) is 0.222. The Morgan fingerprint density at radius 2 is 2.12 bits per heavy atom. The van der Waals surface area contributed by atoms with Crippen molar-refractivity contribution < 1.29 is 13.2 Å². The SMILES string of the molecule is FC(F)(F)CNc1ccnc(-n2cccn2)n1. The van der Waals surface area contributed by atoms with Crippen LogP contribution >= 0.6 is 0 Å². The van der Waals surface area contributed by atoms with E-state index in [1.807, 2.05) is 0 Å². The average molecular weight is 243 g/mol. The lowest BCUT2D eigenvalue weighted by atomic mass is 10.5. The minimum Gasteiger partial charge on any atom is -0.361 e. The van der Waals surface area contributed by atoms with Crippen molar-refractivity contribution in [2.75, 3.05) is 11.9 Å². The molecule has 0 saturated carbocycles. The van der Waals surface area contributed by atoms with Gasteiger partial charge in [-0.2, -0.15) is 23.3 Å². The van der Waals surface area contributed by atoms with Gasteiger partial charge in [0.15, 0.2) is 0 Å². The average Bonchev–Trinajstić information content (AvgIpc) is 2.79. The van der Waals surface area contributed by atoms with E-state index >= 15 is 0 Å². The molecule has 2 heterocycles. The predicted molar refractivity (Wildman–Crippen MR) is 53.7 cm³/mol. The summed E-state index contributed by atoms with van der Waals surface area (Å²) in [5, 5.41) is 6.05. The summed E-state index contributed by atoms with van der Waals surface area (Å²) in [7, 11) is 0. The van der Waals surface area contributed by atoms with Gasteiger partial charge in [-0.05, 0) is 12.1 Å². The quantitative estimate of drug-likeness (QED) is 0.890. The molecule has 90 valence electrons. The lowest BCUT2D eigenvalue weighted by molar-refractivity contribution is -0.115. The minimum atomic E-state index is -4.28. The third-order valence-corrected chi connectivity index (χ3v) is 1.82. The highest BCUT2D eigenvalue weighted by Crippen LogP contribution is 2.15. The largest absolute Gasteiger partial charge is 0.405 e. The fourth-order valence-corrected chi connectivity index (χ4v) is 1.14. The molecule has 0 unspecified atom stereocenters. The fourth-order valence-electron chi connectivity index (χ4n) is 1.14. The molecule has 0 radical (unpaired) electrons. The van der Waals surface area contributed by atoms with Gasteiger partial charge in [0.2, 0.25) is 0 Å². The summed E-state index contributed by atoms with van der Waals surface area (Å²) in [6, 6.07) is 3.03. The molecule has 2 aromatic rings. The second-order valence-corrected chi connectivity index (χ2v) is 3.16. The Balaban J connectivity index is 2.12. The van der Waals surface area contributed by atoms with Gasteiger partial charge >= 0.3 is 6.18 Å². The Bertz CT molecular complexity index is 480. The highest BCUT2D eigenvalue weighted by molar-refractivity contribution is 5.35. The molecule has 8 heteroatoms. The number of anilines is 1. The van der Waals surface area contributed by atoms with Gasteiger partial charge < -0.3 is 5.32 Å². The third kappa shape index (κ3) is 3.16. The zero-order valence-electron chi connectivity index (χ0n) is 8.52. The number of rotatable bonds is 3. The van der Waals surface area contributed by atoms with Gasteiger partial charge in [0.05, 0.1) is 0 Å². The van der Waals surface area contributed by atoms with Crippen molar-refractivity contribution in [3.05, 3.63) is 30.7 Å². The van der Waals surface area contributed by atoms with Crippen LogP contribution in [0.15, 0.2) is 30.7 Å². The summed E-state index contributed by atoms with van der Waals surface area (Å²) in [4.78, 5) is 7.79. The summed E-state index contributed by atoms with van der Waals surface area (Å²) < 4.78 is 37.3. The standard InChI is InChI=1S/C9H8F3N5/c10-9(11,12)6-14-7-2-4-13-8(16-7)17-5-1-3-15-17/h1-5H,6H2,(H,13,14,16). The first-order chi connectivity index (χ1) is 8.04. The van der Waals surface area contributed by atoms with Crippen molar-refractivity contribution in [2.24, 2.45) is 0 Å². The van der Waals surface area contributed by atoms with Gasteiger partial charge in [-0.1, -0.05) is 0 Å². The molecule has 2 rings (SSSR count). The van der Waals surface area contributed by atoms with Crippen LogP contribution in [0.2, 0.25) is 0 Å². The number of hydrogen-bond donors (Lipinski definition) is 1. The molecule has 1 N–H and O–H groups in total. The molecular formula is C9H8F3N5. The van der Waals surface area contributed by atoms with Gasteiger partial charge in [-0.3, -0.25) is 0 Å². The second-order valence-electron chi connectivity index (χ2n) is 3.16. The van der Waals surface area contributed by atoms with Gasteiger partial charge in [0.1, 0.15) is 12.4 Å². The van der Waals surface area contributed by atoms with Crippen LogP contribution < -0.4 is 5.32 Å². The lowest BCUT2D eigenvalue weighted by Crippen LogP contribution is -2.22. The van der Waals surface area contributed by atoms with Crippen molar-refractivity contribution in [1.29, 1.82) is 0 Å². The van der Waals surface area contributed by atoms with E-state index in [1.54, 1.807) is 12.3 Å². The number of aromatic nitrogens is 4. The maximum absolute atomic E-state index is 12.0. The van der Waals surface area contributed by atoms with Gasteiger partial charge in [-0.25, -0.2) is 9.67 Å². The Labute approximate surface area is 94.3 Å². The van der Waals surface area contributed by atoms with Crippen molar-refractivity contribution in [3.8, 4) is 5.95 Å². The Kier molecular flexibility index (Phi) is 2.94. The molecule has 0 fully saturated rings. The molecule has 0 spiro atoms. The molecule has 0 aliphatic rings. The van der Waals surface area contributed by atoms with Gasteiger partial charge in [-0.15, -0.1) is 0 Å². The Morgan fingerprint density at radius 3 is 2.76 bits per heavy atom. The van der Waals surface area contributed by atoms with Crippen molar-refractivity contribution in [1.82, 2.24) is 19.7 Å². The number of nitrogens with zero attached hydrogens (tertiary/aromatic N) is 4. The monoisotopic (exact) mass is 243 g/mol. The number of hydrogen-bond acceptors (Lipinski definition) is 4. The van der Waals surface area contributed by atoms with Crippen LogP contribution in [0.4, 0.5) is 19.0 Å². The third-order valence-electron chi connectivity index (χ3n) is 1.82. The molecule has 0 amide bonds. The Hall–Kier alpha value is -2.12. The zero-order chi connectivity index (χ0) is 12.3. The molecule has 0 aliphatic heterocycles. The first-order valence-corrected chi connectivity index (χ1v) is 4.68. The van der Waals surface area contributed by atoms with Crippen molar-refractivity contribution in [3.63, 3.8) is 0 Å². The van der Waals surface area contributed by atoms with Gasteiger partial charge in [0.25, 0.3) is 5.95 Å². The van der Waals surface area contributed by atoms with Crippen LogP contribution in [-0.4, -0.2) is 32.5 Å². The van der Waals surface area contributed by atoms with Crippen molar-refractivity contribution in [2.45, 2.75) is 6.18 Å². The van der Waals surface area contributed by atoms with Crippen LogP contribution in [0.5, 0.6) is 0 Å². The number of halogens is 3. The summed E-state index contributed by atoms with van der Waals surface area (Å²) in [5.74, 6) is 0.310. The molecule has 0 aliphatic carbocycles. The zero-order valence-corrected chi connectivity index (χ0v) is 8.52. The molecule has 2 aromatic heterocycles. The molecule has 17 heavy (non-hydrogen) atoms. The van der Waals surface area contributed by atoms with E-state index in [4.69, 9.17) is 0 Å². The molecule has 5 nitrogen and oxygen atoms in total. The van der Waals surface area contributed by atoms with Crippen LogP contribution in [-0.2, 0) is 0 Å². The lowest BCUT2D eigenvalue weighted by Gasteiger charge is -2.09. The highest BCUT2D eigenvalue weighted by Gasteiger charge is 2.26. The van der Waals surface area contributed by atoms with E-state index in [1.165, 1.54) is 23.1 Å². The molecular weight excluding hydrogens is 235 g/mol. The molecule has 0 aromatic carbocycles. The second kappa shape index (κ2) is 4.40.